The van der Waals surface area contributed by atoms with Crippen molar-refractivity contribution in [2.24, 2.45) is 5.73 Å². The Hall–Kier alpha value is -1.63. The highest BCUT2D eigenvalue weighted by Crippen LogP contribution is 1.99. The van der Waals surface area contributed by atoms with Crippen LogP contribution in [0.25, 0.3) is 0 Å². The number of rotatable bonds is 11. The number of aliphatic carboxylic acids is 1. The van der Waals surface area contributed by atoms with Crippen molar-refractivity contribution in [2.45, 2.75) is 45.1 Å². The van der Waals surface area contributed by atoms with Crippen molar-refractivity contribution in [3.8, 4) is 0 Å². The van der Waals surface area contributed by atoms with E-state index in [4.69, 9.17) is 10.8 Å². The molecule has 0 fully saturated rings. The molecule has 0 saturated carbocycles. The second-order valence-electron chi connectivity index (χ2n) is 4.87. The first-order chi connectivity index (χ1) is 9.36. The first-order valence-corrected chi connectivity index (χ1v) is 6.85. The van der Waals surface area contributed by atoms with E-state index in [1.165, 1.54) is 0 Å². The molecule has 1 atom stereocenters. The van der Waals surface area contributed by atoms with Crippen LogP contribution in [0.15, 0.2) is 0 Å². The number of primary amides is 1. The lowest BCUT2D eigenvalue weighted by Gasteiger charge is -2.17. The van der Waals surface area contributed by atoms with E-state index in [1.807, 2.05) is 11.9 Å². The summed E-state index contributed by atoms with van der Waals surface area (Å²) in [5.74, 6) is -2.06. The van der Waals surface area contributed by atoms with E-state index < -0.39 is 17.9 Å². The van der Waals surface area contributed by atoms with Gasteiger partial charge in [0.2, 0.25) is 11.8 Å². The van der Waals surface area contributed by atoms with E-state index in [1.54, 1.807) is 0 Å². The van der Waals surface area contributed by atoms with Crippen LogP contribution in [-0.2, 0) is 14.4 Å². The molecular weight excluding hydrogens is 262 g/mol. The molecule has 1 unspecified atom stereocenters. The summed E-state index contributed by atoms with van der Waals surface area (Å²) in [4.78, 5) is 35.3. The molecule has 0 heterocycles. The van der Waals surface area contributed by atoms with Crippen LogP contribution in [0.4, 0.5) is 0 Å². The minimum atomic E-state index is -1.15. The van der Waals surface area contributed by atoms with Gasteiger partial charge in [-0.15, -0.1) is 0 Å². The quantitative estimate of drug-likeness (QED) is 0.493. The van der Waals surface area contributed by atoms with Crippen molar-refractivity contribution >= 4 is 17.8 Å². The minimum absolute atomic E-state index is 0.0160. The Labute approximate surface area is 119 Å². The monoisotopic (exact) mass is 287 g/mol. The van der Waals surface area contributed by atoms with Crippen molar-refractivity contribution in [3.63, 3.8) is 0 Å². The number of hydrogen-bond donors (Lipinski definition) is 3. The number of carbonyl (C=O) groups excluding carboxylic acids is 2. The van der Waals surface area contributed by atoms with Gasteiger partial charge in [-0.3, -0.25) is 9.59 Å². The van der Waals surface area contributed by atoms with Crippen LogP contribution in [-0.4, -0.2) is 54.0 Å². The summed E-state index contributed by atoms with van der Waals surface area (Å²) in [5, 5.41) is 11.4. The lowest BCUT2D eigenvalue weighted by Crippen LogP contribution is -2.42. The molecule has 0 aromatic rings. The predicted octanol–water partition coefficient (Wildman–Crippen LogP) is -0.0567. The van der Waals surface area contributed by atoms with E-state index in [-0.39, 0.29) is 25.2 Å². The molecule has 7 nitrogen and oxygen atoms in total. The summed E-state index contributed by atoms with van der Waals surface area (Å²) in [7, 11) is 1.92. The third-order valence-electron chi connectivity index (χ3n) is 2.93. The number of carboxylic acids is 1. The Morgan fingerprint density at radius 1 is 1.25 bits per heavy atom. The van der Waals surface area contributed by atoms with Gasteiger partial charge < -0.3 is 21.1 Å². The fourth-order valence-electron chi connectivity index (χ4n) is 1.64. The molecule has 4 N–H and O–H groups in total. The van der Waals surface area contributed by atoms with Gasteiger partial charge in [-0.2, -0.15) is 0 Å². The summed E-state index contributed by atoms with van der Waals surface area (Å²) >= 11 is 0. The molecule has 0 aromatic heterocycles. The zero-order chi connectivity index (χ0) is 15.5. The highest BCUT2D eigenvalue weighted by molar-refractivity contribution is 5.84. The SMILES string of the molecule is CCCCN(C)CCC(=O)NC(CCC(N)=O)C(=O)O. The van der Waals surface area contributed by atoms with Crippen molar-refractivity contribution in [2.75, 3.05) is 20.1 Å². The van der Waals surface area contributed by atoms with Gasteiger partial charge in [0.15, 0.2) is 0 Å². The van der Waals surface area contributed by atoms with Crippen LogP contribution in [0.2, 0.25) is 0 Å². The molecule has 0 aromatic carbocycles. The average molecular weight is 287 g/mol. The predicted molar refractivity (Wildman–Crippen MR) is 75.0 cm³/mol. The number of nitrogens with one attached hydrogen (secondary N) is 1. The van der Waals surface area contributed by atoms with E-state index in [0.29, 0.717) is 6.54 Å². The molecule has 0 bridgehead atoms. The van der Waals surface area contributed by atoms with Crippen LogP contribution >= 0.6 is 0 Å². The molecule has 0 aliphatic carbocycles. The number of carboxylic acid groups (broad SMARTS) is 1. The lowest BCUT2D eigenvalue weighted by molar-refractivity contribution is -0.142. The Bertz CT molecular complexity index is 334. The van der Waals surface area contributed by atoms with Gasteiger partial charge in [-0.1, -0.05) is 13.3 Å². The highest BCUT2D eigenvalue weighted by Gasteiger charge is 2.20. The van der Waals surface area contributed by atoms with Gasteiger partial charge in [-0.25, -0.2) is 4.79 Å². The number of nitrogens with two attached hydrogens (primary N) is 1. The number of amides is 2. The van der Waals surface area contributed by atoms with E-state index in [9.17, 15) is 14.4 Å². The van der Waals surface area contributed by atoms with Crippen molar-refractivity contribution < 1.29 is 19.5 Å². The average Bonchev–Trinajstić information content (AvgIpc) is 2.38. The third kappa shape index (κ3) is 9.32. The normalized spacial score (nSPS) is 12.2. The van der Waals surface area contributed by atoms with Crippen LogP contribution in [0.1, 0.15) is 39.0 Å². The minimum Gasteiger partial charge on any atom is -0.480 e. The molecule has 0 rings (SSSR count). The summed E-state index contributed by atoms with van der Waals surface area (Å²) in [6.45, 7) is 3.58. The maximum absolute atomic E-state index is 11.7. The van der Waals surface area contributed by atoms with E-state index >= 15 is 0 Å². The molecule has 2 amide bonds. The number of carbonyl (C=O) groups is 3. The number of nitrogens with zero attached hydrogens (tertiary/aromatic N) is 1. The molecule has 7 heteroatoms. The van der Waals surface area contributed by atoms with Gasteiger partial charge in [0.25, 0.3) is 0 Å². The summed E-state index contributed by atoms with van der Waals surface area (Å²) < 4.78 is 0. The van der Waals surface area contributed by atoms with E-state index in [0.717, 1.165) is 19.4 Å². The molecule has 0 saturated heterocycles. The van der Waals surface area contributed by atoms with Crippen molar-refractivity contribution in [1.29, 1.82) is 0 Å². The second-order valence-corrected chi connectivity index (χ2v) is 4.87. The van der Waals surface area contributed by atoms with Gasteiger partial charge in [0.05, 0.1) is 0 Å². The molecular formula is C13H25N3O4. The fraction of sp³-hybridized carbons (Fsp3) is 0.769. The number of hydrogen-bond acceptors (Lipinski definition) is 4. The molecule has 0 aliphatic rings. The third-order valence-corrected chi connectivity index (χ3v) is 2.93. The lowest BCUT2D eigenvalue weighted by atomic mass is 10.1. The number of unbranched alkanes of at least 4 members (excludes halogenated alkanes) is 1. The molecule has 0 spiro atoms. The topological polar surface area (TPSA) is 113 Å². The second kappa shape index (κ2) is 10.2. The fourth-order valence-corrected chi connectivity index (χ4v) is 1.64. The van der Waals surface area contributed by atoms with Crippen molar-refractivity contribution in [1.82, 2.24) is 10.2 Å². The molecule has 0 radical (unpaired) electrons. The van der Waals surface area contributed by atoms with Gasteiger partial charge in [0.1, 0.15) is 6.04 Å². The molecule has 20 heavy (non-hydrogen) atoms. The molecule has 0 aliphatic heterocycles. The summed E-state index contributed by atoms with van der Waals surface area (Å²) in [5.41, 5.74) is 4.97. The van der Waals surface area contributed by atoms with Crippen LogP contribution in [0.3, 0.4) is 0 Å². The van der Waals surface area contributed by atoms with Gasteiger partial charge in [0, 0.05) is 19.4 Å². The summed E-state index contributed by atoms with van der Waals surface area (Å²) in [6, 6.07) is -1.06. The Kier molecular flexibility index (Phi) is 9.36. The Morgan fingerprint density at radius 3 is 2.40 bits per heavy atom. The Balaban J connectivity index is 4.06. The zero-order valence-electron chi connectivity index (χ0n) is 12.2. The maximum Gasteiger partial charge on any atom is 0.326 e. The largest absolute Gasteiger partial charge is 0.480 e. The maximum atomic E-state index is 11.7. The van der Waals surface area contributed by atoms with Crippen LogP contribution < -0.4 is 11.1 Å². The zero-order valence-corrected chi connectivity index (χ0v) is 12.2. The summed E-state index contributed by atoms with van der Waals surface area (Å²) in [6.07, 6.45) is 2.34. The van der Waals surface area contributed by atoms with Crippen LogP contribution in [0.5, 0.6) is 0 Å². The van der Waals surface area contributed by atoms with E-state index in [2.05, 4.69) is 12.2 Å². The highest BCUT2D eigenvalue weighted by atomic mass is 16.4. The van der Waals surface area contributed by atoms with Crippen LogP contribution in [0, 0.1) is 0 Å². The standard InChI is InChI=1S/C13H25N3O4/c1-3-4-8-16(2)9-7-12(18)15-10(13(19)20)5-6-11(14)17/h10H,3-9H2,1-2H3,(H2,14,17)(H,15,18)(H,19,20). The Morgan fingerprint density at radius 2 is 1.90 bits per heavy atom. The van der Waals surface area contributed by atoms with Gasteiger partial charge in [-0.05, 0) is 26.4 Å². The van der Waals surface area contributed by atoms with Crippen molar-refractivity contribution in [3.05, 3.63) is 0 Å². The first-order valence-electron chi connectivity index (χ1n) is 6.85. The van der Waals surface area contributed by atoms with Gasteiger partial charge >= 0.3 is 5.97 Å². The molecule has 116 valence electrons. The first kappa shape index (κ1) is 18.4. The smallest absolute Gasteiger partial charge is 0.326 e.